The Morgan fingerprint density at radius 3 is 1.86 bits per heavy atom. The SMILES string of the molecule is C=C1/C=C\C=C/C/C=C\C=C/C(=C)N1. The van der Waals surface area contributed by atoms with Crippen molar-refractivity contribution in [1.82, 2.24) is 5.32 Å². The molecule has 1 N–H and O–H groups in total. The minimum Gasteiger partial charge on any atom is -0.356 e. The van der Waals surface area contributed by atoms with Crippen molar-refractivity contribution in [1.29, 1.82) is 0 Å². The molecule has 0 aromatic heterocycles. The largest absolute Gasteiger partial charge is 0.356 e. The number of rotatable bonds is 0. The lowest BCUT2D eigenvalue weighted by atomic mass is 10.3. The molecule has 1 rings (SSSR count). The molecule has 0 saturated heterocycles. The molecule has 1 aliphatic rings. The average molecular weight is 185 g/mol. The fraction of sp³-hybridized carbons (Fsp3) is 0.0769. The van der Waals surface area contributed by atoms with Gasteiger partial charge in [0.25, 0.3) is 0 Å². The number of nitrogens with one attached hydrogen (secondary N) is 1. The van der Waals surface area contributed by atoms with Crippen LogP contribution < -0.4 is 5.32 Å². The summed E-state index contributed by atoms with van der Waals surface area (Å²) >= 11 is 0. The molecule has 0 aromatic rings. The predicted octanol–water partition coefficient (Wildman–Crippen LogP) is 3.23. The monoisotopic (exact) mass is 185 g/mol. The molecule has 14 heavy (non-hydrogen) atoms. The van der Waals surface area contributed by atoms with Crippen LogP contribution in [-0.4, -0.2) is 0 Å². The second kappa shape index (κ2) is 5.81. The zero-order valence-electron chi connectivity index (χ0n) is 8.24. The third kappa shape index (κ3) is 4.31. The molecule has 0 atom stereocenters. The lowest BCUT2D eigenvalue weighted by Crippen LogP contribution is -2.06. The zero-order valence-corrected chi connectivity index (χ0v) is 8.24. The molecule has 1 nitrogen and oxygen atoms in total. The first-order valence-electron chi connectivity index (χ1n) is 4.60. The summed E-state index contributed by atoms with van der Waals surface area (Å²) < 4.78 is 0. The summed E-state index contributed by atoms with van der Waals surface area (Å²) in [6, 6.07) is 0. The van der Waals surface area contributed by atoms with Crippen molar-refractivity contribution in [2.45, 2.75) is 6.42 Å². The zero-order chi connectivity index (χ0) is 10.2. The maximum absolute atomic E-state index is 3.85. The Morgan fingerprint density at radius 2 is 1.36 bits per heavy atom. The summed E-state index contributed by atoms with van der Waals surface area (Å²) in [7, 11) is 0. The van der Waals surface area contributed by atoms with Gasteiger partial charge in [-0.1, -0.05) is 49.6 Å². The normalized spacial score (nSPS) is 26.6. The van der Waals surface area contributed by atoms with E-state index in [1.165, 1.54) is 0 Å². The van der Waals surface area contributed by atoms with Crippen LogP contribution in [0.1, 0.15) is 6.42 Å². The van der Waals surface area contributed by atoms with Crippen LogP contribution in [0.3, 0.4) is 0 Å². The van der Waals surface area contributed by atoms with E-state index in [0.29, 0.717) is 0 Å². The molecule has 0 radical (unpaired) electrons. The van der Waals surface area contributed by atoms with Gasteiger partial charge in [-0.2, -0.15) is 0 Å². The number of hydrogen-bond acceptors (Lipinski definition) is 1. The van der Waals surface area contributed by atoms with Gasteiger partial charge in [0.15, 0.2) is 0 Å². The molecular formula is C13H15N. The topological polar surface area (TPSA) is 12.0 Å². The Morgan fingerprint density at radius 1 is 0.857 bits per heavy atom. The maximum atomic E-state index is 3.85. The molecule has 72 valence electrons. The third-order valence-corrected chi connectivity index (χ3v) is 1.68. The molecular weight excluding hydrogens is 170 g/mol. The molecule has 0 spiro atoms. The molecule has 0 unspecified atom stereocenters. The van der Waals surface area contributed by atoms with Gasteiger partial charge >= 0.3 is 0 Å². The third-order valence-electron chi connectivity index (χ3n) is 1.68. The van der Waals surface area contributed by atoms with Crippen molar-refractivity contribution < 1.29 is 0 Å². The van der Waals surface area contributed by atoms with Gasteiger partial charge in [0, 0.05) is 11.4 Å². The van der Waals surface area contributed by atoms with Gasteiger partial charge in [-0.3, -0.25) is 0 Å². The predicted molar refractivity (Wildman–Crippen MR) is 62.6 cm³/mol. The van der Waals surface area contributed by atoms with Crippen LogP contribution in [0.25, 0.3) is 0 Å². The fourth-order valence-electron chi connectivity index (χ4n) is 1.03. The van der Waals surface area contributed by atoms with E-state index in [0.717, 1.165) is 17.8 Å². The summed E-state index contributed by atoms with van der Waals surface area (Å²) in [5.74, 6) is 0. The first kappa shape index (κ1) is 10.3. The van der Waals surface area contributed by atoms with Gasteiger partial charge < -0.3 is 5.32 Å². The highest BCUT2D eigenvalue weighted by atomic mass is 14.9. The molecule has 0 saturated carbocycles. The van der Waals surface area contributed by atoms with Crippen molar-refractivity contribution in [3.05, 3.63) is 73.2 Å². The highest BCUT2D eigenvalue weighted by molar-refractivity contribution is 5.27. The molecule has 0 aromatic carbocycles. The van der Waals surface area contributed by atoms with Crippen LogP contribution in [0.2, 0.25) is 0 Å². The Kier molecular flexibility index (Phi) is 4.29. The Hall–Kier alpha value is -1.76. The molecule has 1 heterocycles. The van der Waals surface area contributed by atoms with E-state index >= 15 is 0 Å². The van der Waals surface area contributed by atoms with Gasteiger partial charge in [0.1, 0.15) is 0 Å². The lowest BCUT2D eigenvalue weighted by Gasteiger charge is -2.04. The van der Waals surface area contributed by atoms with Crippen LogP contribution in [0.15, 0.2) is 73.2 Å². The molecule has 0 amide bonds. The summed E-state index contributed by atoms with van der Waals surface area (Å²) in [6.07, 6.45) is 16.9. The summed E-state index contributed by atoms with van der Waals surface area (Å²) in [6.45, 7) is 7.70. The molecule has 1 heteroatoms. The van der Waals surface area contributed by atoms with Crippen LogP contribution in [0.5, 0.6) is 0 Å². The minimum absolute atomic E-state index is 0.842. The van der Waals surface area contributed by atoms with Crippen LogP contribution in [0.4, 0.5) is 0 Å². The molecule has 0 fully saturated rings. The lowest BCUT2D eigenvalue weighted by molar-refractivity contribution is 1.06. The van der Waals surface area contributed by atoms with Crippen LogP contribution >= 0.6 is 0 Å². The first-order valence-corrected chi connectivity index (χ1v) is 4.60. The van der Waals surface area contributed by atoms with Gasteiger partial charge in [-0.05, 0) is 18.6 Å². The van der Waals surface area contributed by atoms with E-state index in [9.17, 15) is 0 Å². The molecule has 0 bridgehead atoms. The van der Waals surface area contributed by atoms with Crippen molar-refractivity contribution >= 4 is 0 Å². The van der Waals surface area contributed by atoms with Crippen molar-refractivity contribution in [3.63, 3.8) is 0 Å². The van der Waals surface area contributed by atoms with E-state index in [4.69, 9.17) is 0 Å². The molecule has 1 aliphatic heterocycles. The van der Waals surface area contributed by atoms with E-state index in [1.54, 1.807) is 0 Å². The summed E-state index contributed by atoms with van der Waals surface area (Å²) in [5, 5.41) is 3.07. The quantitative estimate of drug-likeness (QED) is 0.611. The van der Waals surface area contributed by atoms with E-state index in [2.05, 4.69) is 30.6 Å². The average Bonchev–Trinajstić information content (AvgIpc) is 2.13. The van der Waals surface area contributed by atoms with E-state index in [1.807, 2.05) is 36.5 Å². The van der Waals surface area contributed by atoms with Gasteiger partial charge in [-0.25, -0.2) is 0 Å². The van der Waals surface area contributed by atoms with Crippen LogP contribution in [-0.2, 0) is 0 Å². The Bertz CT molecular complexity index is 295. The van der Waals surface area contributed by atoms with Gasteiger partial charge in [-0.15, -0.1) is 0 Å². The standard InChI is InChI=1S/C13H15N/c1-12-10-8-6-4-3-5-7-9-11-13(2)14-12/h4-11,14H,1-3H2/b6-4-,7-5-,10-8-,11-9-. The van der Waals surface area contributed by atoms with E-state index in [-0.39, 0.29) is 0 Å². The van der Waals surface area contributed by atoms with Crippen molar-refractivity contribution in [2.75, 3.05) is 0 Å². The maximum Gasteiger partial charge on any atom is 0.0310 e. The summed E-state index contributed by atoms with van der Waals surface area (Å²) in [5.41, 5.74) is 1.68. The second-order valence-corrected chi connectivity index (χ2v) is 2.99. The highest BCUT2D eigenvalue weighted by Crippen LogP contribution is 1.98. The summed E-state index contributed by atoms with van der Waals surface area (Å²) in [4.78, 5) is 0. The van der Waals surface area contributed by atoms with Crippen LogP contribution in [0, 0.1) is 0 Å². The highest BCUT2D eigenvalue weighted by Gasteiger charge is 1.87. The second-order valence-electron chi connectivity index (χ2n) is 2.99. The fourth-order valence-corrected chi connectivity index (χ4v) is 1.03. The number of allylic oxidation sites excluding steroid dienone is 8. The Balaban J connectivity index is 2.72. The molecule has 0 aliphatic carbocycles. The van der Waals surface area contributed by atoms with Crippen molar-refractivity contribution in [2.24, 2.45) is 0 Å². The minimum atomic E-state index is 0.842. The van der Waals surface area contributed by atoms with E-state index < -0.39 is 0 Å². The Labute approximate surface area is 85.5 Å². The first-order chi connectivity index (χ1) is 6.79. The number of hydrogen-bond donors (Lipinski definition) is 1. The van der Waals surface area contributed by atoms with Gasteiger partial charge in [0.2, 0.25) is 0 Å². The van der Waals surface area contributed by atoms with Gasteiger partial charge in [0.05, 0.1) is 0 Å². The smallest absolute Gasteiger partial charge is 0.0310 e. The van der Waals surface area contributed by atoms with Crippen molar-refractivity contribution in [3.8, 4) is 0 Å².